The van der Waals surface area contributed by atoms with E-state index in [0.717, 1.165) is 78.2 Å². The standard InChI is InChI=1S/C48H88N4O3/c1-15-55-42(54)40-38(39(40)34-52-26-19-46(11,20-27-52)44(7,8)9)31-48(13,47(12)21-28-50(29-22-47)32-35(2)3)16-23-49(14)41(53)37-30-36(37)33-51-24-17-45(10,18-25-51)43(4,5)6/h35-40H,15-34H2,1-14H3. The van der Waals surface area contributed by atoms with Crippen LogP contribution in [0.1, 0.15) is 148 Å². The first-order chi connectivity index (χ1) is 25.4. The van der Waals surface area contributed by atoms with E-state index in [0.29, 0.717) is 57.8 Å². The number of ether oxygens (including phenoxy) is 1. The van der Waals surface area contributed by atoms with E-state index in [-0.39, 0.29) is 28.6 Å². The molecule has 0 aromatic heterocycles. The zero-order valence-electron chi connectivity index (χ0n) is 38.6. The number of carbonyl (C=O) groups is 2. The molecule has 3 heterocycles. The van der Waals surface area contributed by atoms with Gasteiger partial charge in [0.1, 0.15) is 0 Å². The lowest BCUT2D eigenvalue weighted by Gasteiger charge is -2.52. The van der Waals surface area contributed by atoms with Crippen molar-refractivity contribution in [2.24, 2.45) is 68.0 Å². The molecule has 5 aliphatic rings. The number of likely N-dealkylation sites (tertiary alicyclic amines) is 3. The van der Waals surface area contributed by atoms with Crippen LogP contribution in [0.5, 0.6) is 0 Å². The molecule has 6 atom stereocenters. The Hall–Kier alpha value is -1.18. The average Bonchev–Trinajstić information content (AvgIpc) is 4.01. The first-order valence-electron chi connectivity index (χ1n) is 23.0. The summed E-state index contributed by atoms with van der Waals surface area (Å²) in [5.41, 5.74) is 1.57. The molecule has 2 saturated carbocycles. The van der Waals surface area contributed by atoms with Crippen molar-refractivity contribution in [2.75, 3.05) is 79.1 Å². The van der Waals surface area contributed by atoms with Gasteiger partial charge in [-0.15, -0.1) is 0 Å². The molecule has 0 spiro atoms. The minimum atomic E-state index is 0.00228. The molecule has 0 radical (unpaired) electrons. The summed E-state index contributed by atoms with van der Waals surface area (Å²) in [7, 11) is 2.07. The van der Waals surface area contributed by atoms with Crippen LogP contribution in [0.2, 0.25) is 0 Å². The van der Waals surface area contributed by atoms with Crippen molar-refractivity contribution in [1.29, 1.82) is 0 Å². The Kier molecular flexibility index (Phi) is 13.7. The summed E-state index contributed by atoms with van der Waals surface area (Å²) in [4.78, 5) is 37.6. The van der Waals surface area contributed by atoms with Gasteiger partial charge < -0.3 is 24.3 Å². The van der Waals surface area contributed by atoms with E-state index in [4.69, 9.17) is 4.74 Å². The molecular weight excluding hydrogens is 681 g/mol. The molecule has 0 aromatic rings. The second-order valence-electron chi connectivity index (χ2n) is 23.5. The SMILES string of the molecule is CCOC(=O)C1C(CN2CCC(C)(C(C)(C)C)CC2)C1CC(C)(CCN(C)C(=O)C1CC1CN1CCC(C)(C(C)(C)C)CC1)C1(C)CCN(CC(C)C)CC1. The van der Waals surface area contributed by atoms with Crippen molar-refractivity contribution in [3.05, 3.63) is 0 Å². The Bertz CT molecular complexity index is 1290. The quantitative estimate of drug-likeness (QED) is 0.155. The molecule has 7 heteroatoms. The molecule has 318 valence electrons. The fraction of sp³-hybridized carbons (Fsp3) is 0.958. The summed E-state index contributed by atoms with van der Waals surface area (Å²) in [6, 6.07) is 0. The molecule has 7 nitrogen and oxygen atoms in total. The van der Waals surface area contributed by atoms with Gasteiger partial charge in [-0.3, -0.25) is 9.59 Å². The van der Waals surface area contributed by atoms with Crippen LogP contribution in [-0.4, -0.2) is 111 Å². The number of hydrogen-bond acceptors (Lipinski definition) is 6. The van der Waals surface area contributed by atoms with Gasteiger partial charge in [-0.2, -0.15) is 0 Å². The maximum Gasteiger partial charge on any atom is 0.309 e. The molecule has 55 heavy (non-hydrogen) atoms. The van der Waals surface area contributed by atoms with E-state index in [1.807, 2.05) is 6.92 Å². The van der Waals surface area contributed by atoms with Gasteiger partial charge in [0.15, 0.2) is 0 Å². The van der Waals surface area contributed by atoms with E-state index in [9.17, 15) is 9.59 Å². The highest BCUT2D eigenvalue weighted by Gasteiger charge is 2.60. The van der Waals surface area contributed by atoms with Crippen molar-refractivity contribution >= 4 is 11.9 Å². The van der Waals surface area contributed by atoms with Gasteiger partial charge in [0, 0.05) is 39.1 Å². The molecule has 3 saturated heterocycles. The fourth-order valence-electron chi connectivity index (χ4n) is 11.2. The molecule has 0 aromatic carbocycles. The Balaban J connectivity index is 1.24. The van der Waals surface area contributed by atoms with Crippen LogP contribution in [-0.2, 0) is 14.3 Å². The predicted octanol–water partition coefficient (Wildman–Crippen LogP) is 9.35. The third-order valence-electron chi connectivity index (χ3n) is 17.7. The monoisotopic (exact) mass is 769 g/mol. The van der Waals surface area contributed by atoms with Crippen LogP contribution in [0, 0.1) is 68.0 Å². The lowest BCUT2D eigenvalue weighted by atomic mass is 9.57. The van der Waals surface area contributed by atoms with Gasteiger partial charge >= 0.3 is 5.97 Å². The minimum Gasteiger partial charge on any atom is -0.466 e. The minimum absolute atomic E-state index is 0.00228. The average molecular weight is 769 g/mol. The Morgan fingerprint density at radius 2 is 1.20 bits per heavy atom. The van der Waals surface area contributed by atoms with Gasteiger partial charge in [0.2, 0.25) is 5.91 Å². The number of amides is 1. The first kappa shape index (κ1) is 44.9. The first-order valence-corrected chi connectivity index (χ1v) is 23.0. The topological polar surface area (TPSA) is 56.3 Å². The molecule has 0 bridgehead atoms. The van der Waals surface area contributed by atoms with Crippen LogP contribution >= 0.6 is 0 Å². The number of nitrogens with zero attached hydrogens (tertiary/aromatic N) is 4. The number of piperidine rings is 3. The Morgan fingerprint density at radius 3 is 1.67 bits per heavy atom. The third kappa shape index (κ3) is 10.2. The lowest BCUT2D eigenvalue weighted by molar-refractivity contribution is -0.145. The molecule has 5 rings (SSSR count). The summed E-state index contributed by atoms with van der Waals surface area (Å²) in [6.45, 7) is 42.4. The molecule has 2 aliphatic carbocycles. The number of carbonyl (C=O) groups excluding carboxylic acids is 2. The molecule has 5 fully saturated rings. The Labute approximate surface area is 339 Å². The highest BCUT2D eigenvalue weighted by molar-refractivity contribution is 5.81. The molecule has 0 N–H and O–H groups in total. The second kappa shape index (κ2) is 16.8. The number of hydrogen-bond donors (Lipinski definition) is 0. The lowest BCUT2D eigenvalue weighted by Crippen LogP contribution is -2.49. The van der Waals surface area contributed by atoms with Gasteiger partial charge in [-0.25, -0.2) is 0 Å². The molecular formula is C48H88N4O3. The van der Waals surface area contributed by atoms with Crippen molar-refractivity contribution in [2.45, 2.75) is 148 Å². The highest BCUT2D eigenvalue weighted by Crippen LogP contribution is 2.61. The van der Waals surface area contributed by atoms with Crippen molar-refractivity contribution in [3.63, 3.8) is 0 Å². The smallest absolute Gasteiger partial charge is 0.309 e. The number of esters is 1. The summed E-state index contributed by atoms with van der Waals surface area (Å²) in [5.74, 6) is 2.48. The zero-order chi connectivity index (χ0) is 40.8. The van der Waals surface area contributed by atoms with E-state index in [2.05, 4.69) is 110 Å². The van der Waals surface area contributed by atoms with E-state index in [1.54, 1.807) is 0 Å². The van der Waals surface area contributed by atoms with E-state index < -0.39 is 0 Å². The summed E-state index contributed by atoms with van der Waals surface area (Å²) < 4.78 is 5.76. The fourth-order valence-corrected chi connectivity index (χ4v) is 11.2. The van der Waals surface area contributed by atoms with Gasteiger partial charge in [-0.1, -0.05) is 83.1 Å². The van der Waals surface area contributed by atoms with Crippen LogP contribution < -0.4 is 0 Å². The van der Waals surface area contributed by atoms with Crippen molar-refractivity contribution in [3.8, 4) is 0 Å². The van der Waals surface area contributed by atoms with Crippen molar-refractivity contribution < 1.29 is 14.3 Å². The third-order valence-corrected chi connectivity index (χ3v) is 17.7. The normalized spacial score (nSPS) is 31.1. The maximum absolute atomic E-state index is 14.0. The van der Waals surface area contributed by atoms with Crippen LogP contribution in [0.15, 0.2) is 0 Å². The molecule has 1 amide bonds. The van der Waals surface area contributed by atoms with E-state index in [1.165, 1.54) is 45.1 Å². The van der Waals surface area contributed by atoms with Gasteiger partial charge in [0.25, 0.3) is 0 Å². The highest BCUT2D eigenvalue weighted by atomic mass is 16.5. The summed E-state index contributed by atoms with van der Waals surface area (Å²) in [5, 5.41) is 0. The van der Waals surface area contributed by atoms with Crippen LogP contribution in [0.25, 0.3) is 0 Å². The second-order valence-corrected chi connectivity index (χ2v) is 23.5. The Morgan fingerprint density at radius 1 is 0.727 bits per heavy atom. The largest absolute Gasteiger partial charge is 0.466 e. The van der Waals surface area contributed by atoms with Crippen LogP contribution in [0.3, 0.4) is 0 Å². The summed E-state index contributed by atoms with van der Waals surface area (Å²) in [6.07, 6.45) is 10.4. The van der Waals surface area contributed by atoms with Gasteiger partial charge in [-0.05, 0) is 160 Å². The maximum atomic E-state index is 14.0. The van der Waals surface area contributed by atoms with Crippen molar-refractivity contribution in [1.82, 2.24) is 19.6 Å². The van der Waals surface area contributed by atoms with Crippen LogP contribution in [0.4, 0.5) is 0 Å². The molecule has 6 unspecified atom stereocenters. The van der Waals surface area contributed by atoms with E-state index >= 15 is 0 Å². The zero-order valence-corrected chi connectivity index (χ0v) is 38.6. The molecule has 3 aliphatic heterocycles. The predicted molar refractivity (Wildman–Crippen MR) is 229 cm³/mol. The van der Waals surface area contributed by atoms with Gasteiger partial charge in [0.05, 0.1) is 12.5 Å². The number of rotatable bonds is 15. The summed E-state index contributed by atoms with van der Waals surface area (Å²) >= 11 is 0.